The molecule has 3 aliphatic rings. The minimum absolute atomic E-state index is 0.0528. The van der Waals surface area contributed by atoms with E-state index in [0.717, 1.165) is 6.42 Å². The highest BCUT2D eigenvalue weighted by molar-refractivity contribution is 5.88. The lowest BCUT2D eigenvalue weighted by Crippen LogP contribution is -2.42. The third kappa shape index (κ3) is 2.35. The molecule has 3 fully saturated rings. The van der Waals surface area contributed by atoms with Gasteiger partial charge in [-0.3, -0.25) is 4.79 Å². The Labute approximate surface area is 128 Å². The molecule has 0 spiro atoms. The van der Waals surface area contributed by atoms with Crippen molar-refractivity contribution in [1.82, 2.24) is 0 Å². The Morgan fingerprint density at radius 2 is 2.18 bits per heavy atom. The zero-order valence-corrected chi connectivity index (χ0v) is 12.8. The molecule has 5 atom stereocenters. The second-order valence-electron chi connectivity index (χ2n) is 6.84. The summed E-state index contributed by atoms with van der Waals surface area (Å²) in [5, 5.41) is 0. The molecular weight excluding hydrogens is 288 g/mol. The summed E-state index contributed by atoms with van der Waals surface area (Å²) in [6.07, 6.45) is 0.571. The highest BCUT2D eigenvalue weighted by Gasteiger charge is 2.64. The predicted octanol–water partition coefficient (Wildman–Crippen LogP) is 1.03. The Bertz CT molecular complexity index is 553. The van der Waals surface area contributed by atoms with Gasteiger partial charge in [-0.05, 0) is 13.3 Å². The van der Waals surface area contributed by atoms with Crippen LogP contribution < -0.4 is 0 Å². The number of rotatable bonds is 4. The lowest BCUT2D eigenvalue weighted by atomic mass is 9.71. The van der Waals surface area contributed by atoms with E-state index >= 15 is 0 Å². The molecular formula is C16H20O6. The Kier molecular flexibility index (Phi) is 3.59. The van der Waals surface area contributed by atoms with E-state index in [1.165, 1.54) is 6.92 Å². The molecule has 0 N–H and O–H groups in total. The van der Waals surface area contributed by atoms with Crippen molar-refractivity contribution in [2.45, 2.75) is 38.9 Å². The van der Waals surface area contributed by atoms with Crippen LogP contribution in [0, 0.1) is 17.3 Å². The van der Waals surface area contributed by atoms with Gasteiger partial charge in [0.1, 0.15) is 11.9 Å². The molecule has 22 heavy (non-hydrogen) atoms. The third-order valence-electron chi connectivity index (χ3n) is 5.01. The molecule has 1 aliphatic heterocycles. The molecule has 6 nitrogen and oxygen atoms in total. The first kappa shape index (κ1) is 15.2. The second kappa shape index (κ2) is 5.19. The van der Waals surface area contributed by atoms with Gasteiger partial charge in [-0.25, -0.2) is 9.59 Å². The maximum Gasteiger partial charge on any atom is 0.344 e. The molecule has 2 bridgehead atoms. The first-order chi connectivity index (χ1) is 10.3. The molecule has 0 radical (unpaired) electrons. The van der Waals surface area contributed by atoms with Crippen LogP contribution in [0.5, 0.6) is 0 Å². The van der Waals surface area contributed by atoms with Gasteiger partial charge in [-0.1, -0.05) is 13.5 Å². The van der Waals surface area contributed by atoms with Crippen molar-refractivity contribution in [3.05, 3.63) is 12.2 Å². The molecule has 1 saturated heterocycles. The number of esters is 2. The van der Waals surface area contributed by atoms with Crippen molar-refractivity contribution in [2.75, 3.05) is 13.2 Å². The zero-order valence-electron chi connectivity index (χ0n) is 12.8. The number of hydrogen-bond donors (Lipinski definition) is 0. The fourth-order valence-electron chi connectivity index (χ4n) is 3.98. The van der Waals surface area contributed by atoms with E-state index in [0.29, 0.717) is 13.0 Å². The Morgan fingerprint density at radius 3 is 2.86 bits per heavy atom. The van der Waals surface area contributed by atoms with E-state index in [1.54, 1.807) is 0 Å². The lowest BCUT2D eigenvalue weighted by molar-refractivity contribution is -0.172. The summed E-state index contributed by atoms with van der Waals surface area (Å²) in [5.74, 6) is -0.952. The summed E-state index contributed by atoms with van der Waals surface area (Å²) >= 11 is 0. The average molecular weight is 308 g/mol. The summed E-state index contributed by atoms with van der Waals surface area (Å²) < 4.78 is 16.0. The van der Waals surface area contributed by atoms with Gasteiger partial charge < -0.3 is 14.2 Å². The monoisotopic (exact) mass is 308 g/mol. The number of ketones is 1. The summed E-state index contributed by atoms with van der Waals surface area (Å²) in [6.45, 7) is 6.88. The topological polar surface area (TPSA) is 78.9 Å². The Morgan fingerprint density at radius 1 is 1.45 bits per heavy atom. The molecule has 2 saturated carbocycles. The van der Waals surface area contributed by atoms with Crippen LogP contribution in [0.3, 0.4) is 0 Å². The van der Waals surface area contributed by atoms with E-state index in [-0.39, 0.29) is 34.7 Å². The van der Waals surface area contributed by atoms with Crippen LogP contribution in [0.4, 0.5) is 0 Å². The van der Waals surface area contributed by atoms with Gasteiger partial charge in [-0.2, -0.15) is 0 Å². The molecule has 0 aromatic rings. The van der Waals surface area contributed by atoms with Gasteiger partial charge >= 0.3 is 11.9 Å². The molecule has 1 heterocycles. The lowest BCUT2D eigenvalue weighted by Gasteiger charge is -2.35. The number of ether oxygens (including phenoxy) is 3. The van der Waals surface area contributed by atoms with Gasteiger partial charge in [-0.15, -0.1) is 0 Å². The number of fused-ring (bicyclic) bond motifs is 1. The Balaban J connectivity index is 1.65. The minimum Gasteiger partial charge on any atom is -0.456 e. The normalized spacial score (nSPS) is 38.7. The average Bonchev–Trinajstić information content (AvgIpc) is 2.92. The minimum atomic E-state index is -0.624. The van der Waals surface area contributed by atoms with Crippen molar-refractivity contribution in [3.63, 3.8) is 0 Å². The number of carbonyl (C=O) groups excluding carboxylic acids is 3. The third-order valence-corrected chi connectivity index (χ3v) is 5.01. The van der Waals surface area contributed by atoms with E-state index in [9.17, 15) is 14.4 Å². The fraction of sp³-hybridized carbons (Fsp3) is 0.688. The standard InChI is InChI=1S/C16H20O6/c1-8(2)15(19)21-7-12(18)22-14-13-9-4-16(14,3)5-11(17)10(9)6-20-13/h9-10,13-14H,1,4-7H2,2-3H3. The van der Waals surface area contributed by atoms with E-state index in [1.807, 2.05) is 6.92 Å². The highest BCUT2D eigenvalue weighted by Crippen LogP contribution is 2.57. The largest absolute Gasteiger partial charge is 0.456 e. The summed E-state index contributed by atoms with van der Waals surface area (Å²) in [6, 6.07) is 0. The van der Waals surface area contributed by atoms with Crippen LogP contribution in [0.25, 0.3) is 0 Å². The molecule has 0 aromatic carbocycles. The number of Topliss-reactive ketones (excluding diaryl/α,β-unsaturated/α-hetero) is 1. The van der Waals surface area contributed by atoms with Crippen LogP contribution in [-0.2, 0) is 28.6 Å². The van der Waals surface area contributed by atoms with Crippen molar-refractivity contribution in [2.24, 2.45) is 17.3 Å². The molecule has 2 aliphatic carbocycles. The maximum absolute atomic E-state index is 12.1. The highest BCUT2D eigenvalue weighted by atomic mass is 16.6. The van der Waals surface area contributed by atoms with Crippen LogP contribution in [-0.4, -0.2) is 43.1 Å². The molecule has 0 amide bonds. The van der Waals surface area contributed by atoms with Crippen molar-refractivity contribution in [1.29, 1.82) is 0 Å². The molecule has 3 rings (SSSR count). The molecule has 6 heteroatoms. The summed E-state index contributed by atoms with van der Waals surface area (Å²) in [4.78, 5) is 35.4. The smallest absolute Gasteiger partial charge is 0.344 e. The van der Waals surface area contributed by atoms with E-state index in [2.05, 4.69) is 6.58 Å². The van der Waals surface area contributed by atoms with Gasteiger partial charge in [0, 0.05) is 29.2 Å². The fourth-order valence-corrected chi connectivity index (χ4v) is 3.98. The van der Waals surface area contributed by atoms with E-state index < -0.39 is 24.6 Å². The summed E-state index contributed by atoms with van der Waals surface area (Å²) in [7, 11) is 0. The first-order valence-corrected chi connectivity index (χ1v) is 7.48. The Hall–Kier alpha value is -1.69. The van der Waals surface area contributed by atoms with Gasteiger partial charge in [0.25, 0.3) is 0 Å². The van der Waals surface area contributed by atoms with Crippen molar-refractivity contribution >= 4 is 17.7 Å². The van der Waals surface area contributed by atoms with Crippen LogP contribution in [0.2, 0.25) is 0 Å². The summed E-state index contributed by atoms with van der Waals surface area (Å²) in [5.41, 5.74) is -0.152. The van der Waals surface area contributed by atoms with Gasteiger partial charge in [0.05, 0.1) is 12.7 Å². The van der Waals surface area contributed by atoms with Crippen molar-refractivity contribution < 1.29 is 28.6 Å². The maximum atomic E-state index is 12.1. The van der Waals surface area contributed by atoms with Gasteiger partial charge in [0.2, 0.25) is 0 Å². The van der Waals surface area contributed by atoms with Crippen LogP contribution in [0.1, 0.15) is 26.7 Å². The quantitative estimate of drug-likeness (QED) is 0.570. The first-order valence-electron chi connectivity index (χ1n) is 7.48. The molecule has 5 unspecified atom stereocenters. The number of carbonyl (C=O) groups is 3. The van der Waals surface area contributed by atoms with Crippen LogP contribution in [0.15, 0.2) is 12.2 Å². The van der Waals surface area contributed by atoms with Gasteiger partial charge in [0.15, 0.2) is 6.61 Å². The van der Waals surface area contributed by atoms with Crippen molar-refractivity contribution in [3.8, 4) is 0 Å². The predicted molar refractivity (Wildman–Crippen MR) is 74.7 cm³/mol. The van der Waals surface area contributed by atoms with Crippen LogP contribution >= 0.6 is 0 Å². The molecule has 120 valence electrons. The number of hydrogen-bond acceptors (Lipinski definition) is 6. The molecule has 0 aromatic heterocycles. The van der Waals surface area contributed by atoms with E-state index in [4.69, 9.17) is 14.2 Å². The SMILES string of the molecule is C=C(C)C(=O)OCC(=O)OC1C2OCC3C(=O)CC1(C)CC32. The second-order valence-corrected chi connectivity index (χ2v) is 6.84. The zero-order chi connectivity index (χ0) is 16.1.